The van der Waals surface area contributed by atoms with Crippen molar-refractivity contribution >= 4 is 6.09 Å². The molecule has 0 unspecified atom stereocenters. The monoisotopic (exact) mass is 269 g/mol. The quantitative estimate of drug-likeness (QED) is 0.789. The van der Waals surface area contributed by atoms with Crippen molar-refractivity contribution in [2.75, 3.05) is 19.7 Å². The fraction of sp³-hybridized carbons (Fsp3) is 0.933. The van der Waals surface area contributed by atoms with E-state index >= 15 is 0 Å². The first-order chi connectivity index (χ1) is 8.94. The van der Waals surface area contributed by atoms with E-state index in [9.17, 15) is 4.79 Å². The SMILES string of the molecule is CC(C)(C)OC(=O)N1CCC(OCC2CCC2)CC1. The molecule has 1 saturated heterocycles. The Morgan fingerprint density at radius 2 is 1.79 bits per heavy atom. The normalized spacial score (nSPS) is 22.2. The Morgan fingerprint density at radius 3 is 2.26 bits per heavy atom. The first kappa shape index (κ1) is 14.6. The maximum Gasteiger partial charge on any atom is 0.410 e. The second kappa shape index (κ2) is 6.12. The summed E-state index contributed by atoms with van der Waals surface area (Å²) in [7, 11) is 0. The van der Waals surface area contributed by atoms with Gasteiger partial charge in [0.15, 0.2) is 0 Å². The number of ether oxygens (including phenoxy) is 2. The third kappa shape index (κ3) is 4.68. The van der Waals surface area contributed by atoms with Crippen LogP contribution in [-0.4, -0.2) is 42.4 Å². The molecule has 2 aliphatic rings. The maximum atomic E-state index is 11.9. The molecule has 4 heteroatoms. The third-order valence-electron chi connectivity index (χ3n) is 3.89. The topological polar surface area (TPSA) is 38.8 Å². The van der Waals surface area contributed by atoms with Crippen molar-refractivity contribution in [2.24, 2.45) is 5.92 Å². The van der Waals surface area contributed by atoms with E-state index in [2.05, 4.69) is 0 Å². The summed E-state index contributed by atoms with van der Waals surface area (Å²) in [5, 5.41) is 0. The number of amides is 1. The fourth-order valence-corrected chi connectivity index (χ4v) is 2.46. The van der Waals surface area contributed by atoms with Crippen LogP contribution in [0.5, 0.6) is 0 Å². The summed E-state index contributed by atoms with van der Waals surface area (Å²) in [6.07, 6.45) is 6.04. The lowest BCUT2D eigenvalue weighted by atomic mass is 9.86. The van der Waals surface area contributed by atoms with Crippen LogP contribution in [0.25, 0.3) is 0 Å². The van der Waals surface area contributed by atoms with Crippen LogP contribution in [-0.2, 0) is 9.47 Å². The van der Waals surface area contributed by atoms with Crippen LogP contribution < -0.4 is 0 Å². The van der Waals surface area contributed by atoms with Crippen LogP contribution in [0.15, 0.2) is 0 Å². The predicted molar refractivity (Wildman–Crippen MR) is 74.1 cm³/mol. The zero-order chi connectivity index (χ0) is 13.9. The van der Waals surface area contributed by atoms with Gasteiger partial charge in [-0.1, -0.05) is 6.42 Å². The van der Waals surface area contributed by atoms with Gasteiger partial charge in [-0.2, -0.15) is 0 Å². The van der Waals surface area contributed by atoms with Crippen LogP contribution >= 0.6 is 0 Å². The third-order valence-corrected chi connectivity index (χ3v) is 3.89. The molecule has 0 bridgehead atoms. The largest absolute Gasteiger partial charge is 0.444 e. The molecule has 1 aliphatic heterocycles. The highest BCUT2D eigenvalue weighted by Crippen LogP contribution is 2.27. The molecule has 1 aliphatic carbocycles. The molecule has 2 rings (SSSR count). The Morgan fingerprint density at radius 1 is 1.16 bits per heavy atom. The Hall–Kier alpha value is -0.770. The Kier molecular flexibility index (Phi) is 4.71. The average molecular weight is 269 g/mol. The molecule has 0 N–H and O–H groups in total. The van der Waals surface area contributed by atoms with Gasteiger partial charge in [0.1, 0.15) is 5.60 Å². The summed E-state index contributed by atoms with van der Waals surface area (Å²) in [5.74, 6) is 0.795. The Bertz CT molecular complexity index is 299. The maximum absolute atomic E-state index is 11.9. The number of hydrogen-bond donors (Lipinski definition) is 0. The summed E-state index contributed by atoms with van der Waals surface area (Å²) in [5.41, 5.74) is -0.408. The number of carbonyl (C=O) groups is 1. The van der Waals surface area contributed by atoms with Crippen LogP contribution in [0, 0.1) is 5.92 Å². The lowest BCUT2D eigenvalue weighted by Gasteiger charge is -2.34. The van der Waals surface area contributed by atoms with Crippen molar-refractivity contribution in [1.29, 1.82) is 0 Å². The van der Waals surface area contributed by atoms with Crippen LogP contribution in [0.1, 0.15) is 52.9 Å². The molecule has 0 aromatic heterocycles. The average Bonchev–Trinajstić information content (AvgIpc) is 2.25. The molecule has 0 radical (unpaired) electrons. The molecule has 0 spiro atoms. The number of carbonyl (C=O) groups excluding carboxylic acids is 1. The van der Waals surface area contributed by atoms with Crippen molar-refractivity contribution < 1.29 is 14.3 Å². The molecular weight excluding hydrogens is 242 g/mol. The molecule has 0 aromatic rings. The van der Waals surface area contributed by atoms with E-state index in [1.807, 2.05) is 20.8 Å². The molecule has 1 saturated carbocycles. The highest BCUT2D eigenvalue weighted by Gasteiger charge is 2.28. The minimum atomic E-state index is -0.408. The molecule has 0 atom stereocenters. The van der Waals surface area contributed by atoms with E-state index in [-0.39, 0.29) is 6.09 Å². The van der Waals surface area contributed by atoms with Crippen LogP contribution in [0.3, 0.4) is 0 Å². The zero-order valence-electron chi connectivity index (χ0n) is 12.5. The van der Waals surface area contributed by atoms with E-state index in [1.54, 1.807) is 4.90 Å². The van der Waals surface area contributed by atoms with Crippen molar-refractivity contribution in [3.05, 3.63) is 0 Å². The molecule has 4 nitrogen and oxygen atoms in total. The summed E-state index contributed by atoms with van der Waals surface area (Å²) in [6, 6.07) is 0. The van der Waals surface area contributed by atoms with E-state index < -0.39 is 5.60 Å². The first-order valence-electron chi connectivity index (χ1n) is 7.53. The minimum absolute atomic E-state index is 0.190. The molecule has 0 aromatic carbocycles. The summed E-state index contributed by atoms with van der Waals surface area (Å²) >= 11 is 0. The van der Waals surface area contributed by atoms with Gasteiger partial charge < -0.3 is 14.4 Å². The molecule has 1 heterocycles. The van der Waals surface area contributed by atoms with E-state index in [1.165, 1.54) is 19.3 Å². The number of nitrogens with zero attached hydrogens (tertiary/aromatic N) is 1. The highest BCUT2D eigenvalue weighted by molar-refractivity contribution is 5.68. The lowest BCUT2D eigenvalue weighted by molar-refractivity contribution is -0.0292. The van der Waals surface area contributed by atoms with Gasteiger partial charge in [-0.25, -0.2) is 4.79 Å². The van der Waals surface area contributed by atoms with Gasteiger partial charge in [-0.05, 0) is 52.4 Å². The van der Waals surface area contributed by atoms with Crippen molar-refractivity contribution in [2.45, 2.75) is 64.6 Å². The Labute approximate surface area is 116 Å². The standard InChI is InChI=1S/C15H27NO3/c1-15(2,3)19-14(17)16-9-7-13(8-10-16)18-11-12-5-4-6-12/h12-13H,4-11H2,1-3H3. The van der Waals surface area contributed by atoms with Crippen molar-refractivity contribution in [3.63, 3.8) is 0 Å². The van der Waals surface area contributed by atoms with Gasteiger partial charge in [0.25, 0.3) is 0 Å². The summed E-state index contributed by atoms with van der Waals surface area (Å²) in [4.78, 5) is 13.7. The molecule has 19 heavy (non-hydrogen) atoms. The van der Waals surface area contributed by atoms with Crippen molar-refractivity contribution in [1.82, 2.24) is 4.90 Å². The summed E-state index contributed by atoms with van der Waals surface area (Å²) < 4.78 is 11.3. The number of piperidine rings is 1. The minimum Gasteiger partial charge on any atom is -0.444 e. The molecule has 110 valence electrons. The molecular formula is C15H27NO3. The van der Waals surface area contributed by atoms with Crippen molar-refractivity contribution in [3.8, 4) is 0 Å². The second-order valence-electron chi connectivity index (χ2n) is 6.80. The number of rotatable bonds is 3. The molecule has 2 fully saturated rings. The van der Waals surface area contributed by atoms with Gasteiger partial charge in [-0.15, -0.1) is 0 Å². The van der Waals surface area contributed by atoms with E-state index in [0.717, 1.165) is 38.5 Å². The fourth-order valence-electron chi connectivity index (χ4n) is 2.46. The number of hydrogen-bond acceptors (Lipinski definition) is 3. The molecule has 1 amide bonds. The van der Waals surface area contributed by atoms with Gasteiger partial charge >= 0.3 is 6.09 Å². The van der Waals surface area contributed by atoms with Gasteiger partial charge in [0, 0.05) is 19.7 Å². The van der Waals surface area contributed by atoms with Crippen LogP contribution in [0.4, 0.5) is 4.79 Å². The lowest BCUT2D eigenvalue weighted by Crippen LogP contribution is -2.43. The Balaban J connectivity index is 1.65. The van der Waals surface area contributed by atoms with E-state index in [4.69, 9.17) is 9.47 Å². The highest BCUT2D eigenvalue weighted by atomic mass is 16.6. The summed E-state index contributed by atoms with van der Waals surface area (Å²) in [6.45, 7) is 8.13. The van der Waals surface area contributed by atoms with Gasteiger partial charge in [0.05, 0.1) is 6.10 Å². The van der Waals surface area contributed by atoms with Crippen LogP contribution in [0.2, 0.25) is 0 Å². The second-order valence-corrected chi connectivity index (χ2v) is 6.80. The van der Waals surface area contributed by atoms with Gasteiger partial charge in [-0.3, -0.25) is 0 Å². The van der Waals surface area contributed by atoms with E-state index in [0.29, 0.717) is 6.10 Å². The first-order valence-corrected chi connectivity index (χ1v) is 7.53. The number of likely N-dealkylation sites (tertiary alicyclic amines) is 1. The zero-order valence-corrected chi connectivity index (χ0v) is 12.5. The van der Waals surface area contributed by atoms with Gasteiger partial charge in [0.2, 0.25) is 0 Å². The predicted octanol–water partition coefficient (Wildman–Crippen LogP) is 3.20. The smallest absolute Gasteiger partial charge is 0.410 e.